The maximum Gasteiger partial charge on any atom is 0.119 e. The van der Waals surface area contributed by atoms with Crippen LogP contribution in [0.1, 0.15) is 37.2 Å². The lowest BCUT2D eigenvalue weighted by Crippen LogP contribution is -2.42. The third kappa shape index (κ3) is 3.38. The summed E-state index contributed by atoms with van der Waals surface area (Å²) in [6, 6.07) is 17.1. The van der Waals surface area contributed by atoms with Crippen LogP contribution in [0.3, 0.4) is 0 Å². The highest BCUT2D eigenvalue weighted by Crippen LogP contribution is 2.47. The largest absolute Gasteiger partial charge is 0.497 e. The molecule has 26 heavy (non-hydrogen) atoms. The maximum atomic E-state index is 10.7. The number of aliphatic hydroxyl groups is 1. The van der Waals surface area contributed by atoms with E-state index in [0.717, 1.165) is 11.4 Å². The predicted octanol–water partition coefficient (Wildman–Crippen LogP) is 4.01. The standard InChI is InChI=1S/C22H28N2O2/c1-26-18-12-10-16(11-13-18)23-14-17(25)15-24-21-8-4-2-6-19(21)20-7-3-5-9-22(20)24/h2,4,6,8,10-13,17,20,22-23,25H,3,5,7,9,14-15H2,1H3/t17-,20-,22+/m1/s1. The number of ether oxygens (including phenoxy) is 1. The van der Waals surface area contributed by atoms with Crippen molar-refractivity contribution < 1.29 is 9.84 Å². The molecule has 138 valence electrons. The van der Waals surface area contributed by atoms with Crippen molar-refractivity contribution in [2.24, 2.45) is 0 Å². The zero-order valence-corrected chi connectivity index (χ0v) is 15.4. The molecular weight excluding hydrogens is 324 g/mol. The van der Waals surface area contributed by atoms with Crippen molar-refractivity contribution in [1.29, 1.82) is 0 Å². The van der Waals surface area contributed by atoms with Gasteiger partial charge in [-0.25, -0.2) is 0 Å². The van der Waals surface area contributed by atoms with Gasteiger partial charge in [0.25, 0.3) is 0 Å². The molecule has 4 heteroatoms. The molecule has 0 aromatic heterocycles. The van der Waals surface area contributed by atoms with Gasteiger partial charge < -0.3 is 20.1 Å². The molecule has 1 fully saturated rings. The Morgan fingerprint density at radius 1 is 1.12 bits per heavy atom. The van der Waals surface area contributed by atoms with Crippen molar-refractivity contribution in [3.8, 4) is 5.75 Å². The quantitative estimate of drug-likeness (QED) is 0.824. The molecule has 0 radical (unpaired) electrons. The van der Waals surface area contributed by atoms with Crippen LogP contribution in [-0.2, 0) is 0 Å². The molecule has 0 bridgehead atoms. The Morgan fingerprint density at radius 3 is 2.69 bits per heavy atom. The fourth-order valence-electron chi connectivity index (χ4n) is 4.56. The van der Waals surface area contributed by atoms with Gasteiger partial charge in [0.05, 0.1) is 13.2 Å². The first-order chi connectivity index (χ1) is 12.8. The number of β-amino-alcohol motifs (C(OH)–C–C–N with tert-alkyl or cyclic N) is 1. The zero-order valence-electron chi connectivity index (χ0n) is 15.4. The molecule has 2 aromatic carbocycles. The maximum absolute atomic E-state index is 10.7. The highest BCUT2D eigenvalue weighted by molar-refractivity contribution is 5.62. The summed E-state index contributed by atoms with van der Waals surface area (Å²) in [5, 5.41) is 14.0. The number of rotatable bonds is 6. The van der Waals surface area contributed by atoms with Crippen LogP contribution in [0.25, 0.3) is 0 Å². The van der Waals surface area contributed by atoms with Gasteiger partial charge >= 0.3 is 0 Å². The van der Waals surface area contributed by atoms with E-state index in [1.807, 2.05) is 24.3 Å². The third-order valence-electron chi connectivity index (χ3n) is 5.81. The van der Waals surface area contributed by atoms with E-state index in [-0.39, 0.29) is 0 Å². The molecule has 4 rings (SSSR count). The van der Waals surface area contributed by atoms with Gasteiger partial charge in [0.1, 0.15) is 5.75 Å². The molecule has 3 atom stereocenters. The molecular formula is C22H28N2O2. The highest BCUT2D eigenvalue weighted by atomic mass is 16.5. The van der Waals surface area contributed by atoms with E-state index >= 15 is 0 Å². The predicted molar refractivity (Wildman–Crippen MR) is 106 cm³/mol. The lowest BCUT2D eigenvalue weighted by molar-refractivity contribution is 0.187. The summed E-state index contributed by atoms with van der Waals surface area (Å²) in [5.74, 6) is 1.48. The monoisotopic (exact) mass is 352 g/mol. The fourth-order valence-corrected chi connectivity index (χ4v) is 4.56. The second-order valence-electron chi connectivity index (χ2n) is 7.43. The molecule has 1 heterocycles. The van der Waals surface area contributed by atoms with E-state index in [4.69, 9.17) is 4.74 Å². The lowest BCUT2D eigenvalue weighted by atomic mass is 9.82. The Kier molecular flexibility index (Phi) is 5.02. The smallest absolute Gasteiger partial charge is 0.119 e. The van der Waals surface area contributed by atoms with Crippen molar-refractivity contribution in [3.63, 3.8) is 0 Å². The highest BCUT2D eigenvalue weighted by Gasteiger charge is 2.39. The Balaban J connectivity index is 1.40. The Labute approximate surface area is 155 Å². The summed E-state index contributed by atoms with van der Waals surface area (Å²) < 4.78 is 5.18. The van der Waals surface area contributed by atoms with Crippen molar-refractivity contribution >= 4 is 11.4 Å². The molecule has 2 aliphatic rings. The van der Waals surface area contributed by atoms with Gasteiger partial charge in [0.15, 0.2) is 0 Å². The van der Waals surface area contributed by atoms with E-state index in [1.165, 1.54) is 36.9 Å². The summed E-state index contributed by atoms with van der Waals surface area (Å²) in [4.78, 5) is 2.46. The van der Waals surface area contributed by atoms with Crippen molar-refractivity contribution in [2.75, 3.05) is 30.4 Å². The first-order valence-corrected chi connectivity index (χ1v) is 9.68. The van der Waals surface area contributed by atoms with Gasteiger partial charge in [0.2, 0.25) is 0 Å². The number of benzene rings is 2. The third-order valence-corrected chi connectivity index (χ3v) is 5.81. The summed E-state index contributed by atoms with van der Waals surface area (Å²) >= 11 is 0. The van der Waals surface area contributed by atoms with Gasteiger partial charge in [-0.3, -0.25) is 0 Å². The zero-order chi connectivity index (χ0) is 17.9. The van der Waals surface area contributed by atoms with Gasteiger partial charge in [-0.1, -0.05) is 31.0 Å². The normalized spacial score (nSPS) is 22.5. The Bertz CT molecular complexity index is 731. The van der Waals surface area contributed by atoms with Crippen molar-refractivity contribution in [1.82, 2.24) is 0 Å². The van der Waals surface area contributed by atoms with E-state index in [9.17, 15) is 5.11 Å². The van der Waals surface area contributed by atoms with Crippen LogP contribution >= 0.6 is 0 Å². The molecule has 0 spiro atoms. The van der Waals surface area contributed by atoms with Gasteiger partial charge in [-0.15, -0.1) is 0 Å². The van der Waals surface area contributed by atoms with Crippen molar-refractivity contribution in [2.45, 2.75) is 43.7 Å². The lowest BCUT2D eigenvalue weighted by Gasteiger charge is -2.35. The number of methoxy groups -OCH3 is 1. The Morgan fingerprint density at radius 2 is 1.88 bits per heavy atom. The van der Waals surface area contributed by atoms with Gasteiger partial charge in [-0.2, -0.15) is 0 Å². The summed E-state index contributed by atoms with van der Waals surface area (Å²) in [6.45, 7) is 1.23. The molecule has 1 aliphatic heterocycles. The number of para-hydroxylation sites is 1. The average Bonchev–Trinajstić information content (AvgIpc) is 3.01. The first kappa shape index (κ1) is 17.2. The SMILES string of the molecule is COc1ccc(NC[C@@H](O)CN2c3ccccc3[C@H]3CCCC[C@@H]32)cc1. The minimum absolute atomic E-state index is 0.411. The van der Waals surface area contributed by atoms with E-state index in [0.29, 0.717) is 25.0 Å². The number of aliphatic hydroxyl groups excluding tert-OH is 1. The molecule has 1 saturated carbocycles. The Hall–Kier alpha value is -2.20. The number of fused-ring (bicyclic) bond motifs is 3. The molecule has 1 aliphatic carbocycles. The summed E-state index contributed by atoms with van der Waals surface area (Å²) in [7, 11) is 1.67. The second kappa shape index (κ2) is 7.58. The van der Waals surface area contributed by atoms with Crippen LogP contribution in [-0.4, -0.2) is 37.5 Å². The fraction of sp³-hybridized carbons (Fsp3) is 0.455. The van der Waals surface area contributed by atoms with Crippen LogP contribution in [0.15, 0.2) is 48.5 Å². The van der Waals surface area contributed by atoms with Crippen LogP contribution in [0.5, 0.6) is 5.75 Å². The summed E-state index contributed by atoms with van der Waals surface area (Å²) in [6.07, 6.45) is 4.72. The van der Waals surface area contributed by atoms with Crippen molar-refractivity contribution in [3.05, 3.63) is 54.1 Å². The second-order valence-corrected chi connectivity index (χ2v) is 7.43. The van der Waals surface area contributed by atoms with Crippen LogP contribution in [0, 0.1) is 0 Å². The average molecular weight is 352 g/mol. The number of nitrogens with zero attached hydrogens (tertiary/aromatic N) is 1. The molecule has 0 unspecified atom stereocenters. The molecule has 0 amide bonds. The van der Waals surface area contributed by atoms with Crippen LogP contribution in [0.2, 0.25) is 0 Å². The first-order valence-electron chi connectivity index (χ1n) is 9.68. The number of hydrogen-bond acceptors (Lipinski definition) is 4. The summed E-state index contributed by atoms with van der Waals surface area (Å²) in [5.41, 5.74) is 3.81. The number of anilines is 2. The molecule has 0 saturated heterocycles. The van der Waals surface area contributed by atoms with E-state index in [1.54, 1.807) is 7.11 Å². The van der Waals surface area contributed by atoms with Crippen LogP contribution < -0.4 is 15.0 Å². The topological polar surface area (TPSA) is 44.7 Å². The van der Waals surface area contributed by atoms with E-state index in [2.05, 4.69) is 34.5 Å². The number of nitrogens with one attached hydrogen (secondary N) is 1. The molecule has 4 nitrogen and oxygen atoms in total. The minimum atomic E-state index is -0.411. The van der Waals surface area contributed by atoms with Gasteiger partial charge in [-0.05, 0) is 48.7 Å². The molecule has 2 N–H and O–H groups in total. The molecule has 2 aromatic rings. The van der Waals surface area contributed by atoms with E-state index < -0.39 is 6.10 Å². The van der Waals surface area contributed by atoms with Crippen LogP contribution in [0.4, 0.5) is 11.4 Å². The number of hydrogen-bond donors (Lipinski definition) is 2. The minimum Gasteiger partial charge on any atom is -0.497 e. The van der Waals surface area contributed by atoms with Gasteiger partial charge in [0, 0.05) is 36.4 Å².